The minimum Gasteiger partial charge on any atom is -0.468 e. The number of hydrogen-bond donors (Lipinski definition) is 1. The van der Waals surface area contributed by atoms with Gasteiger partial charge in [-0.1, -0.05) is 12.1 Å². The SMILES string of the molecule is C[C@@H](NCc1cccc(C#N)c1F)c1ccco1. The molecular weight excluding hydrogens is 231 g/mol. The summed E-state index contributed by atoms with van der Waals surface area (Å²) < 4.78 is 19.0. The molecule has 0 aliphatic carbocycles. The summed E-state index contributed by atoms with van der Waals surface area (Å²) in [6.45, 7) is 2.29. The van der Waals surface area contributed by atoms with Gasteiger partial charge in [-0.25, -0.2) is 4.39 Å². The molecule has 0 saturated heterocycles. The minimum absolute atomic E-state index is 0.00913. The van der Waals surface area contributed by atoms with E-state index in [-0.39, 0.29) is 11.6 Å². The lowest BCUT2D eigenvalue weighted by Gasteiger charge is -2.12. The molecule has 1 N–H and O–H groups in total. The van der Waals surface area contributed by atoms with Crippen molar-refractivity contribution in [1.82, 2.24) is 5.32 Å². The van der Waals surface area contributed by atoms with Crippen molar-refractivity contribution in [3.63, 3.8) is 0 Å². The zero-order valence-corrected chi connectivity index (χ0v) is 9.98. The van der Waals surface area contributed by atoms with Crippen LogP contribution in [0.3, 0.4) is 0 Å². The summed E-state index contributed by atoms with van der Waals surface area (Å²) in [6.07, 6.45) is 1.60. The molecule has 0 saturated carbocycles. The molecule has 92 valence electrons. The Hall–Kier alpha value is -2.12. The standard InChI is InChI=1S/C14H13FN2O/c1-10(13-6-3-7-18-13)17-9-12-5-2-4-11(8-16)14(12)15/h2-7,10,17H,9H2,1H3/t10-/m1/s1. The summed E-state index contributed by atoms with van der Waals surface area (Å²) in [6, 6.07) is 10.3. The highest BCUT2D eigenvalue weighted by atomic mass is 19.1. The van der Waals surface area contributed by atoms with Gasteiger partial charge in [0.05, 0.1) is 17.9 Å². The first-order chi connectivity index (χ1) is 8.72. The molecule has 1 heterocycles. The third kappa shape index (κ3) is 2.58. The van der Waals surface area contributed by atoms with Gasteiger partial charge in [-0.2, -0.15) is 5.26 Å². The monoisotopic (exact) mass is 244 g/mol. The molecule has 18 heavy (non-hydrogen) atoms. The average Bonchev–Trinajstić information content (AvgIpc) is 2.91. The van der Waals surface area contributed by atoms with Crippen LogP contribution in [0.15, 0.2) is 41.0 Å². The van der Waals surface area contributed by atoms with Gasteiger partial charge < -0.3 is 9.73 Å². The predicted molar refractivity (Wildman–Crippen MR) is 65.1 cm³/mol. The van der Waals surface area contributed by atoms with Crippen LogP contribution in [0.2, 0.25) is 0 Å². The van der Waals surface area contributed by atoms with Gasteiger partial charge in [0.25, 0.3) is 0 Å². The van der Waals surface area contributed by atoms with Gasteiger partial charge in [-0.3, -0.25) is 0 Å². The van der Waals surface area contributed by atoms with E-state index in [1.807, 2.05) is 25.1 Å². The topological polar surface area (TPSA) is 49.0 Å². The number of halogens is 1. The number of rotatable bonds is 4. The van der Waals surface area contributed by atoms with E-state index in [0.29, 0.717) is 12.1 Å². The van der Waals surface area contributed by atoms with E-state index in [9.17, 15) is 4.39 Å². The molecular formula is C14H13FN2O. The first-order valence-corrected chi connectivity index (χ1v) is 5.66. The molecule has 0 bridgehead atoms. The molecule has 3 nitrogen and oxygen atoms in total. The van der Waals surface area contributed by atoms with Gasteiger partial charge in [0.1, 0.15) is 17.6 Å². The number of nitriles is 1. The van der Waals surface area contributed by atoms with E-state index < -0.39 is 5.82 Å². The molecule has 0 amide bonds. The van der Waals surface area contributed by atoms with Crippen LogP contribution in [0.1, 0.15) is 29.9 Å². The Bertz CT molecular complexity index is 558. The van der Waals surface area contributed by atoms with E-state index in [0.717, 1.165) is 5.76 Å². The van der Waals surface area contributed by atoms with Gasteiger partial charge in [0.15, 0.2) is 0 Å². The van der Waals surface area contributed by atoms with Crippen LogP contribution in [0.4, 0.5) is 4.39 Å². The average molecular weight is 244 g/mol. The van der Waals surface area contributed by atoms with Gasteiger partial charge in [-0.05, 0) is 25.1 Å². The van der Waals surface area contributed by atoms with Gasteiger partial charge >= 0.3 is 0 Å². The first kappa shape index (κ1) is 12.3. The fraction of sp³-hybridized carbons (Fsp3) is 0.214. The second kappa shape index (κ2) is 5.48. The zero-order valence-electron chi connectivity index (χ0n) is 9.98. The third-order valence-corrected chi connectivity index (χ3v) is 2.77. The highest BCUT2D eigenvalue weighted by Crippen LogP contribution is 2.16. The van der Waals surface area contributed by atoms with Crippen molar-refractivity contribution >= 4 is 0 Å². The molecule has 4 heteroatoms. The van der Waals surface area contributed by atoms with Crippen molar-refractivity contribution in [2.45, 2.75) is 19.5 Å². The maximum atomic E-state index is 13.8. The number of nitrogens with one attached hydrogen (secondary N) is 1. The molecule has 0 aliphatic heterocycles. The first-order valence-electron chi connectivity index (χ1n) is 5.66. The lowest BCUT2D eigenvalue weighted by atomic mass is 10.1. The summed E-state index contributed by atoms with van der Waals surface area (Å²) >= 11 is 0. The molecule has 1 atom stereocenters. The van der Waals surface area contributed by atoms with E-state index in [1.165, 1.54) is 6.07 Å². The molecule has 0 aliphatic rings. The predicted octanol–water partition coefficient (Wildman–Crippen LogP) is 3.14. The Balaban J connectivity index is 2.05. The lowest BCUT2D eigenvalue weighted by molar-refractivity contribution is 0.427. The summed E-state index contributed by atoms with van der Waals surface area (Å²) in [7, 11) is 0. The van der Waals surface area contributed by atoms with E-state index in [4.69, 9.17) is 9.68 Å². The van der Waals surface area contributed by atoms with E-state index >= 15 is 0 Å². The van der Waals surface area contributed by atoms with Crippen molar-refractivity contribution < 1.29 is 8.81 Å². The van der Waals surface area contributed by atoms with Crippen LogP contribution in [-0.2, 0) is 6.54 Å². The Labute approximate surface area is 105 Å². The molecule has 2 rings (SSSR count). The Morgan fingerprint density at radius 2 is 2.22 bits per heavy atom. The van der Waals surface area contributed by atoms with Crippen LogP contribution in [-0.4, -0.2) is 0 Å². The van der Waals surface area contributed by atoms with Crippen LogP contribution >= 0.6 is 0 Å². The van der Waals surface area contributed by atoms with Crippen molar-refractivity contribution in [3.8, 4) is 6.07 Å². The maximum Gasteiger partial charge on any atom is 0.145 e. The Morgan fingerprint density at radius 3 is 2.89 bits per heavy atom. The van der Waals surface area contributed by atoms with Crippen LogP contribution in [0.5, 0.6) is 0 Å². The third-order valence-electron chi connectivity index (χ3n) is 2.77. The molecule has 0 fully saturated rings. The lowest BCUT2D eigenvalue weighted by Crippen LogP contribution is -2.18. The van der Waals surface area contributed by atoms with Crippen molar-refractivity contribution in [2.75, 3.05) is 0 Å². The molecule has 0 radical (unpaired) electrons. The summed E-state index contributed by atoms with van der Waals surface area (Å²) in [5.41, 5.74) is 0.549. The molecule has 2 aromatic rings. The van der Waals surface area contributed by atoms with Gasteiger partial charge in [-0.15, -0.1) is 0 Å². The Kier molecular flexibility index (Phi) is 3.75. The molecule has 1 aromatic carbocycles. The van der Waals surface area contributed by atoms with Crippen molar-refractivity contribution in [1.29, 1.82) is 5.26 Å². The van der Waals surface area contributed by atoms with E-state index in [2.05, 4.69) is 5.32 Å². The van der Waals surface area contributed by atoms with Crippen LogP contribution in [0, 0.1) is 17.1 Å². The molecule has 1 aromatic heterocycles. The molecule has 0 unspecified atom stereocenters. The quantitative estimate of drug-likeness (QED) is 0.898. The fourth-order valence-corrected chi connectivity index (χ4v) is 1.70. The van der Waals surface area contributed by atoms with Crippen LogP contribution in [0.25, 0.3) is 0 Å². The van der Waals surface area contributed by atoms with Crippen LogP contribution < -0.4 is 5.32 Å². The highest BCUT2D eigenvalue weighted by molar-refractivity contribution is 5.34. The number of nitrogens with zero attached hydrogens (tertiary/aromatic N) is 1. The summed E-state index contributed by atoms with van der Waals surface area (Å²) in [5, 5.41) is 11.9. The van der Waals surface area contributed by atoms with Gasteiger partial charge in [0.2, 0.25) is 0 Å². The van der Waals surface area contributed by atoms with Crippen molar-refractivity contribution in [3.05, 3.63) is 59.3 Å². The second-order valence-electron chi connectivity index (χ2n) is 4.01. The molecule has 0 spiro atoms. The highest BCUT2D eigenvalue weighted by Gasteiger charge is 2.11. The smallest absolute Gasteiger partial charge is 0.145 e. The minimum atomic E-state index is -0.459. The zero-order chi connectivity index (χ0) is 13.0. The summed E-state index contributed by atoms with van der Waals surface area (Å²) in [4.78, 5) is 0. The maximum absolute atomic E-state index is 13.8. The number of furan rings is 1. The Morgan fingerprint density at radius 1 is 1.39 bits per heavy atom. The number of benzene rings is 1. The summed E-state index contributed by atoms with van der Waals surface area (Å²) in [5.74, 6) is 0.339. The second-order valence-corrected chi connectivity index (χ2v) is 4.01. The fourth-order valence-electron chi connectivity index (χ4n) is 1.70. The largest absolute Gasteiger partial charge is 0.468 e. The van der Waals surface area contributed by atoms with Gasteiger partial charge in [0, 0.05) is 12.1 Å². The normalized spacial score (nSPS) is 12.1. The number of hydrogen-bond acceptors (Lipinski definition) is 3. The van der Waals surface area contributed by atoms with Crippen molar-refractivity contribution in [2.24, 2.45) is 0 Å². The van der Waals surface area contributed by atoms with E-state index in [1.54, 1.807) is 18.4 Å².